The monoisotopic (exact) mass is 178 g/mol. The Morgan fingerprint density at radius 2 is 2.00 bits per heavy atom. The Kier molecular flexibility index (Phi) is 1.62. The van der Waals surface area contributed by atoms with Crippen molar-refractivity contribution in [3.63, 3.8) is 0 Å². The van der Waals surface area contributed by atoms with Gasteiger partial charge >= 0.3 is 0 Å². The van der Waals surface area contributed by atoms with Gasteiger partial charge < -0.3 is 0 Å². The van der Waals surface area contributed by atoms with Crippen LogP contribution in [0.5, 0.6) is 0 Å². The first kappa shape index (κ1) is 8.23. The molecule has 0 bridgehead atoms. The molecule has 0 aliphatic carbocycles. The van der Waals surface area contributed by atoms with Crippen LogP contribution in [0.2, 0.25) is 0 Å². The van der Waals surface area contributed by atoms with E-state index in [9.17, 15) is 4.39 Å². The van der Waals surface area contributed by atoms with Crippen LogP contribution >= 0.6 is 0 Å². The molecule has 0 aliphatic rings. The summed E-state index contributed by atoms with van der Waals surface area (Å²) in [6.45, 7) is 3.82. The fourth-order valence-corrected chi connectivity index (χ4v) is 1.51. The molecule has 2 rings (SSSR count). The van der Waals surface area contributed by atoms with E-state index in [4.69, 9.17) is 0 Å². The molecule has 0 fully saturated rings. The number of halogens is 1. The minimum absolute atomic E-state index is 0.237. The van der Waals surface area contributed by atoms with Gasteiger partial charge in [0.05, 0.1) is 0 Å². The summed E-state index contributed by atoms with van der Waals surface area (Å²) in [5.41, 5.74) is 2.39. The second-order valence-corrected chi connectivity index (χ2v) is 3.35. The maximum absolute atomic E-state index is 13.4. The lowest BCUT2D eigenvalue weighted by Crippen LogP contribution is -1.91. The van der Waals surface area contributed by atoms with E-state index in [2.05, 4.69) is 5.10 Å². The molecule has 0 saturated carbocycles. The molecule has 1 aromatic carbocycles. The maximum Gasteiger partial charge on any atom is 0.151 e. The average Bonchev–Trinajstić information content (AvgIpc) is 2.32. The summed E-state index contributed by atoms with van der Waals surface area (Å²) in [6.07, 6.45) is 0. The van der Waals surface area contributed by atoms with Crippen molar-refractivity contribution in [2.75, 3.05) is 0 Å². The summed E-state index contributed by atoms with van der Waals surface area (Å²) in [5.74, 6) is -0.237. The molecule has 2 aromatic rings. The van der Waals surface area contributed by atoms with E-state index in [0.29, 0.717) is 5.52 Å². The highest BCUT2D eigenvalue weighted by atomic mass is 19.1. The number of fused-ring (bicyclic) bond motifs is 1. The van der Waals surface area contributed by atoms with Crippen molar-refractivity contribution < 1.29 is 4.39 Å². The molecule has 0 radical (unpaired) electrons. The minimum atomic E-state index is -0.237. The zero-order valence-corrected chi connectivity index (χ0v) is 7.93. The second-order valence-electron chi connectivity index (χ2n) is 3.35. The Morgan fingerprint density at radius 1 is 1.31 bits per heavy atom. The summed E-state index contributed by atoms with van der Waals surface area (Å²) < 4.78 is 15.1. The molecule has 0 atom stereocenters. The third-order valence-corrected chi connectivity index (χ3v) is 2.33. The quantitative estimate of drug-likeness (QED) is 0.605. The fraction of sp³-hybridized carbons (Fsp3) is 0.300. The Bertz CT molecular complexity index is 471. The van der Waals surface area contributed by atoms with Gasteiger partial charge in [0.25, 0.3) is 0 Å². The number of aryl methyl sites for hydroxylation is 3. The van der Waals surface area contributed by atoms with E-state index < -0.39 is 0 Å². The van der Waals surface area contributed by atoms with Gasteiger partial charge in [-0.15, -0.1) is 0 Å². The highest BCUT2D eigenvalue weighted by Gasteiger charge is 2.09. The number of nitrogens with zero attached hydrogens (tertiary/aromatic N) is 2. The molecule has 2 nitrogen and oxygen atoms in total. The van der Waals surface area contributed by atoms with Crippen LogP contribution in [-0.4, -0.2) is 9.78 Å². The number of hydrogen-bond acceptors (Lipinski definition) is 1. The van der Waals surface area contributed by atoms with Gasteiger partial charge in [-0.2, -0.15) is 5.10 Å². The standard InChI is InChI=1S/C10H11FN2/c1-6-4-8-7(2)13(3)12-10(8)9(11)5-6/h4-5H,1-3H3. The zero-order valence-electron chi connectivity index (χ0n) is 7.93. The molecule has 0 aliphatic heterocycles. The van der Waals surface area contributed by atoms with Gasteiger partial charge in [-0.25, -0.2) is 4.39 Å². The predicted octanol–water partition coefficient (Wildman–Crippen LogP) is 2.33. The first-order chi connectivity index (χ1) is 6.09. The zero-order chi connectivity index (χ0) is 9.59. The molecule has 0 amide bonds. The van der Waals surface area contributed by atoms with Crippen LogP contribution in [0.1, 0.15) is 11.3 Å². The van der Waals surface area contributed by atoms with Gasteiger partial charge in [-0.1, -0.05) is 0 Å². The average molecular weight is 178 g/mol. The van der Waals surface area contributed by atoms with Gasteiger partial charge in [0.15, 0.2) is 5.82 Å². The number of hydrogen-bond donors (Lipinski definition) is 0. The van der Waals surface area contributed by atoms with Crippen LogP contribution < -0.4 is 0 Å². The smallest absolute Gasteiger partial charge is 0.151 e. The van der Waals surface area contributed by atoms with E-state index in [1.165, 1.54) is 6.07 Å². The van der Waals surface area contributed by atoms with Crippen LogP contribution in [0.15, 0.2) is 12.1 Å². The molecule has 0 unspecified atom stereocenters. The van der Waals surface area contributed by atoms with Crippen molar-refractivity contribution >= 4 is 10.9 Å². The fourth-order valence-electron chi connectivity index (χ4n) is 1.51. The highest BCUT2D eigenvalue weighted by molar-refractivity contribution is 5.82. The second kappa shape index (κ2) is 2.55. The lowest BCUT2D eigenvalue weighted by Gasteiger charge is -1.94. The van der Waals surface area contributed by atoms with Crippen LogP contribution in [0, 0.1) is 19.7 Å². The molecule has 0 spiro atoms. The van der Waals surface area contributed by atoms with Crippen molar-refractivity contribution in [2.24, 2.45) is 7.05 Å². The molecule has 1 heterocycles. The largest absolute Gasteiger partial charge is 0.272 e. The minimum Gasteiger partial charge on any atom is -0.272 e. The third-order valence-electron chi connectivity index (χ3n) is 2.33. The van der Waals surface area contributed by atoms with Crippen LogP contribution in [-0.2, 0) is 7.05 Å². The van der Waals surface area contributed by atoms with Crippen LogP contribution in [0.4, 0.5) is 4.39 Å². The van der Waals surface area contributed by atoms with Gasteiger partial charge in [0.1, 0.15) is 5.52 Å². The maximum atomic E-state index is 13.4. The SMILES string of the molecule is Cc1cc(F)c2nn(C)c(C)c2c1. The number of aromatic nitrogens is 2. The lowest BCUT2D eigenvalue weighted by molar-refractivity contribution is 0.631. The molecule has 68 valence electrons. The van der Waals surface area contributed by atoms with E-state index in [0.717, 1.165) is 16.6 Å². The van der Waals surface area contributed by atoms with Gasteiger partial charge in [-0.3, -0.25) is 4.68 Å². The Morgan fingerprint density at radius 3 is 2.69 bits per heavy atom. The normalized spacial score (nSPS) is 11.1. The van der Waals surface area contributed by atoms with Crippen LogP contribution in [0.3, 0.4) is 0 Å². The third kappa shape index (κ3) is 1.11. The molecule has 13 heavy (non-hydrogen) atoms. The summed E-state index contributed by atoms with van der Waals surface area (Å²) in [6, 6.07) is 3.47. The molecule has 1 aromatic heterocycles. The summed E-state index contributed by atoms with van der Waals surface area (Å²) in [5, 5.41) is 5.00. The molecular weight excluding hydrogens is 167 g/mol. The van der Waals surface area contributed by atoms with Crippen molar-refractivity contribution in [1.29, 1.82) is 0 Å². The molecule has 0 N–H and O–H groups in total. The van der Waals surface area contributed by atoms with Gasteiger partial charge in [-0.05, 0) is 31.5 Å². The summed E-state index contributed by atoms with van der Waals surface area (Å²) >= 11 is 0. The molecular formula is C10H11FN2. The van der Waals surface area contributed by atoms with Crippen LogP contribution in [0.25, 0.3) is 10.9 Å². The van der Waals surface area contributed by atoms with E-state index >= 15 is 0 Å². The topological polar surface area (TPSA) is 17.8 Å². The first-order valence-electron chi connectivity index (χ1n) is 4.19. The number of benzene rings is 1. The van der Waals surface area contributed by atoms with E-state index in [-0.39, 0.29) is 5.82 Å². The predicted molar refractivity (Wildman–Crippen MR) is 50.1 cm³/mol. The van der Waals surface area contributed by atoms with Crippen molar-refractivity contribution in [3.8, 4) is 0 Å². The van der Waals surface area contributed by atoms with E-state index in [1.807, 2.05) is 27.0 Å². The Balaban J connectivity index is 2.94. The summed E-state index contributed by atoms with van der Waals surface area (Å²) in [7, 11) is 1.82. The Hall–Kier alpha value is -1.38. The van der Waals surface area contributed by atoms with Crippen molar-refractivity contribution in [3.05, 3.63) is 29.2 Å². The van der Waals surface area contributed by atoms with Gasteiger partial charge in [0, 0.05) is 18.1 Å². The van der Waals surface area contributed by atoms with Crippen molar-refractivity contribution in [2.45, 2.75) is 13.8 Å². The molecule has 3 heteroatoms. The summed E-state index contributed by atoms with van der Waals surface area (Å²) in [4.78, 5) is 0. The first-order valence-corrected chi connectivity index (χ1v) is 4.19. The Labute approximate surface area is 76.0 Å². The van der Waals surface area contributed by atoms with Gasteiger partial charge in [0.2, 0.25) is 0 Å². The van der Waals surface area contributed by atoms with Crippen molar-refractivity contribution in [1.82, 2.24) is 9.78 Å². The highest BCUT2D eigenvalue weighted by Crippen LogP contribution is 2.21. The lowest BCUT2D eigenvalue weighted by atomic mass is 10.1. The number of rotatable bonds is 0. The van der Waals surface area contributed by atoms with E-state index in [1.54, 1.807) is 4.68 Å². The molecule has 0 saturated heterocycles.